The van der Waals surface area contributed by atoms with Crippen LogP contribution in [-0.2, 0) is 20.2 Å². The highest BCUT2D eigenvalue weighted by molar-refractivity contribution is 5.94. The van der Waals surface area contributed by atoms with Gasteiger partial charge in [-0.05, 0) is 35.9 Å². The highest BCUT2D eigenvalue weighted by atomic mass is 16.5. The predicted octanol–water partition coefficient (Wildman–Crippen LogP) is 2.51. The summed E-state index contributed by atoms with van der Waals surface area (Å²) in [6.07, 6.45) is 10.6. The molecule has 3 aromatic heterocycles. The molecular formula is C21H20N6O2. The number of aromatic nitrogens is 5. The van der Waals surface area contributed by atoms with Crippen molar-refractivity contribution >= 4 is 5.91 Å². The van der Waals surface area contributed by atoms with Gasteiger partial charge in [0.05, 0.1) is 0 Å². The molecule has 0 aliphatic carbocycles. The predicted molar refractivity (Wildman–Crippen MR) is 107 cm³/mol. The molecule has 1 amide bonds. The van der Waals surface area contributed by atoms with Crippen LogP contribution in [0.5, 0.6) is 5.75 Å². The largest absolute Gasteiger partial charge is 0.486 e. The molecule has 1 N–H and O–H groups in total. The third kappa shape index (κ3) is 4.49. The van der Waals surface area contributed by atoms with E-state index in [-0.39, 0.29) is 5.91 Å². The van der Waals surface area contributed by atoms with Gasteiger partial charge >= 0.3 is 0 Å². The number of nitrogens with one attached hydrogen (secondary N) is 1. The zero-order valence-electron chi connectivity index (χ0n) is 15.9. The third-order valence-electron chi connectivity index (χ3n) is 4.44. The molecule has 0 saturated heterocycles. The summed E-state index contributed by atoms with van der Waals surface area (Å²) in [7, 11) is 1.92. The Labute approximate surface area is 167 Å². The van der Waals surface area contributed by atoms with Crippen LogP contribution in [0.4, 0.5) is 0 Å². The monoisotopic (exact) mass is 388 g/mol. The SMILES string of the molecule is Cn1ccnc1COc1ccc(C(=O)NCc2ccc(-n3ccnc3)nc2)cc1. The van der Waals surface area contributed by atoms with Gasteiger partial charge in [-0.25, -0.2) is 15.0 Å². The Hall–Kier alpha value is -3.94. The van der Waals surface area contributed by atoms with Crippen molar-refractivity contribution in [2.24, 2.45) is 7.05 Å². The average Bonchev–Trinajstić information content (AvgIpc) is 3.43. The maximum absolute atomic E-state index is 12.4. The molecule has 0 spiro atoms. The fourth-order valence-corrected chi connectivity index (χ4v) is 2.74. The minimum atomic E-state index is -0.153. The molecule has 146 valence electrons. The number of rotatable bonds is 7. The second-order valence-corrected chi connectivity index (χ2v) is 6.44. The zero-order valence-corrected chi connectivity index (χ0v) is 15.9. The number of carbonyl (C=O) groups is 1. The lowest BCUT2D eigenvalue weighted by Crippen LogP contribution is -2.22. The Balaban J connectivity index is 1.30. The van der Waals surface area contributed by atoms with Gasteiger partial charge in [0.25, 0.3) is 5.91 Å². The Morgan fingerprint density at radius 3 is 2.59 bits per heavy atom. The van der Waals surface area contributed by atoms with E-state index in [9.17, 15) is 4.79 Å². The van der Waals surface area contributed by atoms with Crippen molar-refractivity contribution in [3.8, 4) is 11.6 Å². The first kappa shape index (κ1) is 18.4. The van der Waals surface area contributed by atoms with Crippen LogP contribution in [0.1, 0.15) is 21.7 Å². The summed E-state index contributed by atoms with van der Waals surface area (Å²) in [5.74, 6) is 2.14. The number of carbonyl (C=O) groups excluding carboxylic acids is 1. The van der Waals surface area contributed by atoms with E-state index in [2.05, 4.69) is 20.3 Å². The molecule has 29 heavy (non-hydrogen) atoms. The van der Waals surface area contributed by atoms with Gasteiger partial charge in [-0.2, -0.15) is 0 Å². The third-order valence-corrected chi connectivity index (χ3v) is 4.44. The van der Waals surface area contributed by atoms with Crippen LogP contribution in [0, 0.1) is 0 Å². The van der Waals surface area contributed by atoms with Gasteiger partial charge < -0.3 is 14.6 Å². The molecule has 0 radical (unpaired) electrons. The normalized spacial score (nSPS) is 10.7. The first-order valence-electron chi connectivity index (χ1n) is 9.09. The number of nitrogens with zero attached hydrogens (tertiary/aromatic N) is 5. The van der Waals surface area contributed by atoms with Crippen LogP contribution in [0.15, 0.2) is 73.7 Å². The van der Waals surface area contributed by atoms with Crippen LogP contribution in [0.3, 0.4) is 0 Å². The summed E-state index contributed by atoms with van der Waals surface area (Å²) < 4.78 is 9.43. The summed E-state index contributed by atoms with van der Waals surface area (Å²) in [5.41, 5.74) is 1.48. The van der Waals surface area contributed by atoms with Gasteiger partial charge in [-0.3, -0.25) is 9.36 Å². The molecule has 0 saturated carbocycles. The highest BCUT2D eigenvalue weighted by Gasteiger charge is 2.07. The van der Waals surface area contributed by atoms with Crippen molar-refractivity contribution in [2.75, 3.05) is 0 Å². The summed E-state index contributed by atoms with van der Waals surface area (Å²) in [6, 6.07) is 10.8. The van der Waals surface area contributed by atoms with Gasteiger partial charge in [0.1, 0.15) is 30.3 Å². The fourth-order valence-electron chi connectivity index (χ4n) is 2.74. The lowest BCUT2D eigenvalue weighted by atomic mass is 10.2. The van der Waals surface area contributed by atoms with Gasteiger partial charge in [-0.1, -0.05) is 6.07 Å². The molecule has 0 bridgehead atoms. The van der Waals surface area contributed by atoms with E-state index in [1.54, 1.807) is 49.2 Å². The second kappa shape index (κ2) is 8.39. The quantitative estimate of drug-likeness (QED) is 0.526. The number of ether oxygens (including phenoxy) is 1. The van der Waals surface area contributed by atoms with E-state index in [0.29, 0.717) is 24.5 Å². The first-order chi connectivity index (χ1) is 14.2. The lowest BCUT2D eigenvalue weighted by molar-refractivity contribution is 0.0951. The van der Waals surface area contributed by atoms with Crippen LogP contribution in [-0.4, -0.2) is 30.0 Å². The van der Waals surface area contributed by atoms with Crippen LogP contribution < -0.4 is 10.1 Å². The van der Waals surface area contributed by atoms with Gasteiger partial charge in [0.15, 0.2) is 0 Å². The van der Waals surface area contributed by atoms with Crippen molar-refractivity contribution in [1.29, 1.82) is 0 Å². The van der Waals surface area contributed by atoms with Crippen molar-refractivity contribution < 1.29 is 9.53 Å². The first-order valence-corrected chi connectivity index (χ1v) is 9.09. The minimum absolute atomic E-state index is 0.153. The Morgan fingerprint density at radius 2 is 1.93 bits per heavy atom. The lowest BCUT2D eigenvalue weighted by Gasteiger charge is -2.08. The molecule has 0 aliphatic rings. The van der Waals surface area contributed by atoms with E-state index in [4.69, 9.17) is 4.74 Å². The standard InChI is InChI=1S/C21H20N6O2/c1-26-10-9-23-20(26)14-29-18-5-3-17(4-6-18)21(28)25-13-16-2-7-19(24-12-16)27-11-8-22-15-27/h2-12,15H,13-14H2,1H3,(H,25,28). The highest BCUT2D eigenvalue weighted by Crippen LogP contribution is 2.14. The van der Waals surface area contributed by atoms with E-state index in [1.807, 2.05) is 40.7 Å². The molecule has 8 heteroatoms. The Morgan fingerprint density at radius 1 is 1.07 bits per heavy atom. The van der Waals surface area contributed by atoms with Gasteiger partial charge in [-0.15, -0.1) is 0 Å². The van der Waals surface area contributed by atoms with E-state index in [0.717, 1.165) is 17.2 Å². The summed E-state index contributed by atoms with van der Waals surface area (Å²) in [4.78, 5) is 25.0. The van der Waals surface area contributed by atoms with Gasteiger partial charge in [0.2, 0.25) is 0 Å². The van der Waals surface area contributed by atoms with E-state index < -0.39 is 0 Å². The maximum Gasteiger partial charge on any atom is 0.251 e. The summed E-state index contributed by atoms with van der Waals surface area (Å²) in [5, 5.41) is 2.90. The molecule has 8 nitrogen and oxygen atoms in total. The van der Waals surface area contributed by atoms with Crippen LogP contribution in [0.2, 0.25) is 0 Å². The Bertz CT molecular complexity index is 1070. The molecule has 0 fully saturated rings. The fraction of sp³-hybridized carbons (Fsp3) is 0.143. The van der Waals surface area contributed by atoms with Crippen LogP contribution >= 0.6 is 0 Å². The number of benzene rings is 1. The molecule has 1 aromatic carbocycles. The maximum atomic E-state index is 12.4. The summed E-state index contributed by atoms with van der Waals surface area (Å²) >= 11 is 0. The number of aryl methyl sites for hydroxylation is 1. The Kier molecular flexibility index (Phi) is 5.33. The zero-order chi connectivity index (χ0) is 20.1. The molecule has 0 aliphatic heterocycles. The topological polar surface area (TPSA) is 86.9 Å². The van der Waals surface area contributed by atoms with Crippen LogP contribution in [0.25, 0.3) is 5.82 Å². The number of pyridine rings is 1. The second-order valence-electron chi connectivity index (χ2n) is 6.44. The summed E-state index contributed by atoms with van der Waals surface area (Å²) in [6.45, 7) is 0.768. The molecule has 0 atom stereocenters. The molecule has 0 unspecified atom stereocenters. The molecule has 4 rings (SSSR count). The number of imidazole rings is 2. The van der Waals surface area contributed by atoms with E-state index >= 15 is 0 Å². The molecule has 3 heterocycles. The van der Waals surface area contributed by atoms with Crippen molar-refractivity contribution in [3.05, 3.63) is 90.7 Å². The molecule has 4 aromatic rings. The van der Waals surface area contributed by atoms with Crippen molar-refractivity contribution in [1.82, 2.24) is 29.4 Å². The molecular weight excluding hydrogens is 368 g/mol. The van der Waals surface area contributed by atoms with Gasteiger partial charge in [0, 0.05) is 50.1 Å². The van der Waals surface area contributed by atoms with Crippen molar-refractivity contribution in [2.45, 2.75) is 13.2 Å². The van der Waals surface area contributed by atoms with E-state index in [1.165, 1.54) is 0 Å². The van der Waals surface area contributed by atoms with Crippen molar-refractivity contribution in [3.63, 3.8) is 0 Å². The number of hydrogen-bond acceptors (Lipinski definition) is 5. The minimum Gasteiger partial charge on any atom is -0.486 e. The average molecular weight is 388 g/mol. The number of hydrogen-bond donors (Lipinski definition) is 1. The smallest absolute Gasteiger partial charge is 0.251 e. The number of amides is 1.